The highest BCUT2D eigenvalue weighted by atomic mass is 16.5. The average Bonchev–Trinajstić information content (AvgIpc) is 3.21. The Morgan fingerprint density at radius 3 is 2.46 bits per heavy atom. The molecule has 0 aliphatic heterocycles. The van der Waals surface area contributed by atoms with Crippen LogP contribution >= 0.6 is 0 Å². The number of rotatable bonds is 12. The fraction of sp³-hybridized carbons (Fsp3) is 0.395. The van der Waals surface area contributed by atoms with E-state index in [0.717, 1.165) is 28.6 Å². The normalized spacial score (nSPS) is 14.9. The van der Waals surface area contributed by atoms with Gasteiger partial charge in [0.2, 0.25) is 23.0 Å². The summed E-state index contributed by atoms with van der Waals surface area (Å²) in [6, 6.07) is 14.2. The number of nitrogens with one attached hydrogen (secondary N) is 3. The summed E-state index contributed by atoms with van der Waals surface area (Å²) in [5.41, 5.74) is 5.41. The van der Waals surface area contributed by atoms with Crippen LogP contribution in [0.5, 0.6) is 17.2 Å². The van der Waals surface area contributed by atoms with Gasteiger partial charge in [0, 0.05) is 43.2 Å². The zero-order valence-corrected chi connectivity index (χ0v) is 28.9. The van der Waals surface area contributed by atoms with Gasteiger partial charge in [-0.1, -0.05) is 44.5 Å². The van der Waals surface area contributed by atoms with E-state index in [0.29, 0.717) is 54.3 Å². The minimum absolute atomic E-state index is 0.0602. The summed E-state index contributed by atoms with van der Waals surface area (Å²) < 4.78 is 19.3. The third-order valence-electron chi connectivity index (χ3n) is 9.40. The molecule has 254 valence electrons. The number of carbonyl (C=O) groups excluding carboxylic acids is 2. The molecule has 3 unspecified atom stereocenters. The number of amides is 2. The largest absolute Gasteiger partial charge is 0.493 e. The van der Waals surface area contributed by atoms with Crippen molar-refractivity contribution in [3.05, 3.63) is 81.6 Å². The van der Waals surface area contributed by atoms with Gasteiger partial charge in [-0.25, -0.2) is 0 Å². The van der Waals surface area contributed by atoms with Crippen molar-refractivity contribution in [2.45, 2.75) is 58.5 Å². The van der Waals surface area contributed by atoms with Crippen molar-refractivity contribution in [3.63, 3.8) is 0 Å². The number of ether oxygens (including phenoxy) is 3. The van der Waals surface area contributed by atoms with Gasteiger partial charge in [0.25, 0.3) is 0 Å². The predicted octanol–water partition coefficient (Wildman–Crippen LogP) is 5.54. The van der Waals surface area contributed by atoms with E-state index >= 15 is 0 Å². The van der Waals surface area contributed by atoms with Gasteiger partial charge >= 0.3 is 0 Å². The topological polar surface area (TPSA) is 120 Å². The van der Waals surface area contributed by atoms with E-state index in [4.69, 9.17) is 14.2 Å². The minimum Gasteiger partial charge on any atom is -0.493 e. The molecular weight excluding hydrogens is 608 g/mol. The van der Waals surface area contributed by atoms with E-state index in [9.17, 15) is 14.4 Å². The van der Waals surface area contributed by atoms with Crippen LogP contribution in [0.2, 0.25) is 0 Å². The van der Waals surface area contributed by atoms with Crippen molar-refractivity contribution in [2.75, 3.05) is 33.2 Å². The third kappa shape index (κ3) is 6.83. The molecule has 10 nitrogen and oxygen atoms in total. The lowest BCUT2D eigenvalue weighted by Crippen LogP contribution is -2.45. The van der Waals surface area contributed by atoms with Crippen molar-refractivity contribution in [3.8, 4) is 28.4 Å². The summed E-state index contributed by atoms with van der Waals surface area (Å²) in [5.74, 6) is 1.02. The van der Waals surface area contributed by atoms with Crippen LogP contribution in [0.3, 0.4) is 0 Å². The second kappa shape index (κ2) is 14.8. The van der Waals surface area contributed by atoms with E-state index in [1.165, 1.54) is 17.9 Å². The minimum atomic E-state index is -0.644. The number of para-hydroxylation sites is 1. The van der Waals surface area contributed by atoms with Crippen molar-refractivity contribution in [1.29, 1.82) is 0 Å². The molecule has 0 spiro atoms. The highest BCUT2D eigenvalue weighted by Crippen LogP contribution is 2.50. The second-order valence-corrected chi connectivity index (χ2v) is 12.4. The molecule has 5 rings (SSSR count). The van der Waals surface area contributed by atoms with Crippen LogP contribution in [0, 0.1) is 5.92 Å². The second-order valence-electron chi connectivity index (χ2n) is 12.4. The standard InChI is InChI=1S/C38H46N4O6/c1-8-22(2)35(38(45)39-18-17-25-21-42(4)31-12-10-9-11-26(25)31)41-30-16-14-27-28(20-32(30)44)29(40-23(3)43)15-13-24-19-33(46-5)36(47-6)37(48-7)34(24)27/h9-12,14,16,19-22,29,35H,8,13,15,17-18H2,1-7H3,(H,39,45)(H,40,43)(H,41,44). The van der Waals surface area contributed by atoms with Crippen LogP contribution in [0.25, 0.3) is 22.0 Å². The maximum Gasteiger partial charge on any atom is 0.242 e. The van der Waals surface area contributed by atoms with Crippen molar-refractivity contribution in [2.24, 2.45) is 13.0 Å². The van der Waals surface area contributed by atoms with Crippen molar-refractivity contribution >= 4 is 28.4 Å². The van der Waals surface area contributed by atoms with Crippen LogP contribution in [0.4, 0.5) is 5.69 Å². The summed E-state index contributed by atoms with van der Waals surface area (Å²) in [6.45, 7) is 5.95. The molecule has 2 amide bonds. The third-order valence-corrected chi connectivity index (χ3v) is 9.40. The van der Waals surface area contributed by atoms with Gasteiger partial charge in [0.15, 0.2) is 11.5 Å². The Labute approximate surface area is 281 Å². The van der Waals surface area contributed by atoms with E-state index in [2.05, 4.69) is 38.8 Å². The Morgan fingerprint density at radius 2 is 1.77 bits per heavy atom. The number of aromatic nitrogens is 1. The molecule has 0 saturated heterocycles. The molecule has 0 bridgehead atoms. The Hall–Kier alpha value is -4.99. The number of anilines is 1. The van der Waals surface area contributed by atoms with Crippen LogP contribution in [0.15, 0.2) is 59.5 Å². The quantitative estimate of drug-likeness (QED) is 0.184. The van der Waals surface area contributed by atoms with Gasteiger partial charge in [0.1, 0.15) is 6.04 Å². The first kappa shape index (κ1) is 34.3. The number of hydrogen-bond acceptors (Lipinski definition) is 7. The first-order valence-electron chi connectivity index (χ1n) is 16.5. The first-order chi connectivity index (χ1) is 23.1. The molecule has 0 radical (unpaired) electrons. The van der Waals surface area contributed by atoms with Crippen molar-refractivity contribution < 1.29 is 23.8 Å². The number of carbonyl (C=O) groups is 2. The maximum atomic E-state index is 13.9. The molecule has 0 fully saturated rings. The molecule has 3 aromatic carbocycles. The highest BCUT2D eigenvalue weighted by molar-refractivity contribution is 5.87. The monoisotopic (exact) mass is 654 g/mol. The van der Waals surface area contributed by atoms with Gasteiger partial charge in [-0.15, -0.1) is 0 Å². The molecule has 48 heavy (non-hydrogen) atoms. The molecule has 1 aromatic heterocycles. The number of benzene rings is 2. The summed E-state index contributed by atoms with van der Waals surface area (Å²) in [5, 5.41) is 10.6. The molecular formula is C38H46N4O6. The lowest BCUT2D eigenvalue weighted by atomic mass is 9.95. The zero-order chi connectivity index (χ0) is 34.5. The molecule has 1 aliphatic rings. The average molecular weight is 655 g/mol. The van der Waals surface area contributed by atoms with Gasteiger partial charge in [-0.05, 0) is 71.7 Å². The zero-order valence-electron chi connectivity index (χ0n) is 28.9. The van der Waals surface area contributed by atoms with Gasteiger partial charge in [0.05, 0.1) is 33.1 Å². The lowest BCUT2D eigenvalue weighted by molar-refractivity contribution is -0.123. The van der Waals surface area contributed by atoms with Crippen LogP contribution in [0.1, 0.15) is 56.3 Å². The van der Waals surface area contributed by atoms with Gasteiger partial charge in [-0.3, -0.25) is 14.4 Å². The molecule has 3 atom stereocenters. The molecule has 1 heterocycles. The maximum absolute atomic E-state index is 13.9. The summed E-state index contributed by atoms with van der Waals surface area (Å²) in [7, 11) is 6.71. The van der Waals surface area contributed by atoms with Crippen LogP contribution < -0.4 is 35.6 Å². The Kier molecular flexibility index (Phi) is 10.6. The van der Waals surface area contributed by atoms with E-state index in [1.54, 1.807) is 33.5 Å². The fourth-order valence-electron chi connectivity index (χ4n) is 6.75. The number of nitrogens with zero attached hydrogens (tertiary/aromatic N) is 1. The number of methoxy groups -OCH3 is 3. The molecule has 10 heteroatoms. The SMILES string of the molecule is CCC(C)C(Nc1ccc2c(cc1=O)C(NC(C)=O)CCc1cc(OC)c(OC)c(OC)c1-2)C(=O)NCCc1cn(C)c2ccccc12. The van der Waals surface area contributed by atoms with Crippen LogP contribution in [-0.2, 0) is 29.5 Å². The highest BCUT2D eigenvalue weighted by Gasteiger charge is 2.30. The lowest BCUT2D eigenvalue weighted by Gasteiger charge is -2.24. The molecule has 3 N–H and O–H groups in total. The molecule has 0 saturated carbocycles. The van der Waals surface area contributed by atoms with Gasteiger partial charge in [-0.2, -0.15) is 0 Å². The van der Waals surface area contributed by atoms with E-state index in [1.807, 2.05) is 45.2 Å². The summed E-state index contributed by atoms with van der Waals surface area (Å²) in [4.78, 5) is 39.9. The van der Waals surface area contributed by atoms with E-state index in [-0.39, 0.29) is 23.2 Å². The smallest absolute Gasteiger partial charge is 0.242 e. The summed E-state index contributed by atoms with van der Waals surface area (Å²) >= 11 is 0. The molecule has 4 aromatic rings. The van der Waals surface area contributed by atoms with Crippen LogP contribution in [-0.4, -0.2) is 50.3 Å². The Balaban J connectivity index is 1.50. The number of fused-ring (bicyclic) bond motifs is 4. The predicted molar refractivity (Wildman–Crippen MR) is 189 cm³/mol. The Morgan fingerprint density at radius 1 is 1.02 bits per heavy atom. The van der Waals surface area contributed by atoms with Gasteiger partial charge < -0.3 is 34.7 Å². The summed E-state index contributed by atoms with van der Waals surface area (Å²) in [6.07, 6.45) is 4.67. The van der Waals surface area contributed by atoms with Crippen molar-refractivity contribution in [1.82, 2.24) is 15.2 Å². The fourth-order valence-corrected chi connectivity index (χ4v) is 6.75. The first-order valence-corrected chi connectivity index (χ1v) is 16.5. The number of hydrogen-bond donors (Lipinski definition) is 3. The van der Waals surface area contributed by atoms with E-state index < -0.39 is 12.1 Å². The molecule has 1 aliphatic carbocycles. The Bertz CT molecular complexity index is 1880. The number of aryl methyl sites for hydroxylation is 2.